The van der Waals surface area contributed by atoms with Crippen LogP contribution in [0.15, 0.2) is 41.3 Å². The molecule has 2 rings (SSSR count). The minimum absolute atomic E-state index is 0.386. The second kappa shape index (κ2) is 6.48. The van der Waals surface area contributed by atoms with Crippen molar-refractivity contribution in [2.24, 2.45) is 5.73 Å². The first-order valence-corrected chi connectivity index (χ1v) is 8.04. The predicted molar refractivity (Wildman–Crippen MR) is 93.6 cm³/mol. The molecular formula is C15H15ClN2S2. The second-order valence-electron chi connectivity index (χ2n) is 4.33. The number of nitrogens with two attached hydrogens (primary N) is 1. The van der Waals surface area contributed by atoms with Gasteiger partial charge in [0, 0.05) is 26.9 Å². The molecule has 0 heterocycles. The Bertz CT molecular complexity index is 656. The molecule has 0 fully saturated rings. The molecule has 0 saturated heterocycles. The maximum atomic E-state index is 6.05. The Balaban J connectivity index is 2.48. The van der Waals surface area contributed by atoms with Gasteiger partial charge in [0.1, 0.15) is 4.99 Å². The van der Waals surface area contributed by atoms with Crippen LogP contribution in [-0.4, -0.2) is 11.2 Å². The Kier molecular flexibility index (Phi) is 4.91. The van der Waals surface area contributed by atoms with Crippen LogP contribution in [0.1, 0.15) is 11.1 Å². The van der Waals surface area contributed by atoms with Crippen LogP contribution >= 0.6 is 35.6 Å². The van der Waals surface area contributed by atoms with E-state index < -0.39 is 0 Å². The molecule has 0 amide bonds. The molecule has 3 N–H and O–H groups in total. The standard InChI is InChI=1S/C15H15ClN2S2/c1-9-6-7-10(16)8-12(9)18-11-4-3-5-13(20-2)14(11)15(17)19/h3-8,18H,1-2H3,(H2,17,19). The zero-order valence-corrected chi connectivity index (χ0v) is 13.6. The molecule has 0 aliphatic carbocycles. The van der Waals surface area contributed by atoms with Crippen LogP contribution in [0.5, 0.6) is 0 Å². The first-order chi connectivity index (χ1) is 9.52. The lowest BCUT2D eigenvalue weighted by Gasteiger charge is -2.16. The fraction of sp³-hybridized carbons (Fsp3) is 0.133. The third-order valence-electron chi connectivity index (χ3n) is 2.96. The number of anilines is 2. The first kappa shape index (κ1) is 15.2. The van der Waals surface area contributed by atoms with E-state index in [4.69, 9.17) is 29.6 Å². The van der Waals surface area contributed by atoms with Crippen molar-refractivity contribution < 1.29 is 0 Å². The Morgan fingerprint density at radius 3 is 2.65 bits per heavy atom. The van der Waals surface area contributed by atoms with Gasteiger partial charge in [-0.05, 0) is 43.0 Å². The molecular weight excluding hydrogens is 308 g/mol. The summed E-state index contributed by atoms with van der Waals surface area (Å²) in [7, 11) is 0. The molecule has 0 bridgehead atoms. The highest BCUT2D eigenvalue weighted by Crippen LogP contribution is 2.31. The number of hydrogen-bond acceptors (Lipinski definition) is 3. The highest BCUT2D eigenvalue weighted by molar-refractivity contribution is 7.98. The van der Waals surface area contributed by atoms with Gasteiger partial charge in [0.05, 0.1) is 0 Å². The van der Waals surface area contributed by atoms with E-state index in [0.29, 0.717) is 10.0 Å². The van der Waals surface area contributed by atoms with Gasteiger partial charge in [0.25, 0.3) is 0 Å². The number of thiocarbonyl (C=S) groups is 1. The maximum absolute atomic E-state index is 6.05. The normalized spacial score (nSPS) is 10.3. The summed E-state index contributed by atoms with van der Waals surface area (Å²) in [6.07, 6.45) is 2.01. The number of rotatable bonds is 4. The van der Waals surface area contributed by atoms with Crippen molar-refractivity contribution in [3.8, 4) is 0 Å². The highest BCUT2D eigenvalue weighted by atomic mass is 35.5. The van der Waals surface area contributed by atoms with Gasteiger partial charge in [-0.15, -0.1) is 11.8 Å². The van der Waals surface area contributed by atoms with Crippen molar-refractivity contribution in [2.45, 2.75) is 11.8 Å². The third-order valence-corrected chi connectivity index (χ3v) is 4.18. The van der Waals surface area contributed by atoms with E-state index in [-0.39, 0.29) is 0 Å². The van der Waals surface area contributed by atoms with Gasteiger partial charge in [-0.1, -0.05) is 36.0 Å². The Hall–Kier alpha value is -1.23. The molecule has 0 atom stereocenters. The van der Waals surface area contributed by atoms with Gasteiger partial charge in [-0.3, -0.25) is 0 Å². The fourth-order valence-corrected chi connectivity index (χ4v) is 3.03. The van der Waals surface area contributed by atoms with E-state index in [9.17, 15) is 0 Å². The van der Waals surface area contributed by atoms with Crippen LogP contribution < -0.4 is 11.1 Å². The summed E-state index contributed by atoms with van der Waals surface area (Å²) in [4.78, 5) is 1.44. The largest absolute Gasteiger partial charge is 0.389 e. The third kappa shape index (κ3) is 3.26. The number of hydrogen-bond donors (Lipinski definition) is 2. The summed E-state index contributed by atoms with van der Waals surface area (Å²) in [5.41, 5.74) is 9.69. The lowest BCUT2D eigenvalue weighted by Crippen LogP contribution is -2.13. The van der Waals surface area contributed by atoms with Crippen LogP contribution in [0, 0.1) is 6.92 Å². The summed E-state index contributed by atoms with van der Waals surface area (Å²) in [5, 5.41) is 4.06. The zero-order valence-electron chi connectivity index (χ0n) is 11.2. The monoisotopic (exact) mass is 322 g/mol. The summed E-state index contributed by atoms with van der Waals surface area (Å²) in [6.45, 7) is 2.03. The number of nitrogens with one attached hydrogen (secondary N) is 1. The SMILES string of the molecule is CSc1cccc(Nc2cc(Cl)ccc2C)c1C(N)=S. The smallest absolute Gasteiger partial charge is 0.107 e. The molecule has 2 aromatic rings. The average molecular weight is 323 g/mol. The molecule has 5 heteroatoms. The predicted octanol–water partition coefficient (Wildman–Crippen LogP) is 4.75. The van der Waals surface area contributed by atoms with Crippen LogP contribution in [0.3, 0.4) is 0 Å². The van der Waals surface area contributed by atoms with Gasteiger partial charge < -0.3 is 11.1 Å². The summed E-state index contributed by atoms with van der Waals surface area (Å²) in [5.74, 6) is 0. The molecule has 0 aliphatic rings. The molecule has 0 aliphatic heterocycles. The molecule has 0 radical (unpaired) electrons. The lowest BCUT2D eigenvalue weighted by atomic mass is 10.1. The van der Waals surface area contributed by atoms with Crippen LogP contribution in [0.2, 0.25) is 5.02 Å². The number of benzene rings is 2. The molecule has 0 spiro atoms. The fourth-order valence-electron chi connectivity index (χ4n) is 1.93. The van der Waals surface area contributed by atoms with Gasteiger partial charge in [-0.25, -0.2) is 0 Å². The average Bonchev–Trinajstić information content (AvgIpc) is 2.42. The van der Waals surface area contributed by atoms with E-state index in [2.05, 4.69) is 5.32 Å². The zero-order chi connectivity index (χ0) is 14.7. The first-order valence-electron chi connectivity index (χ1n) is 6.03. The van der Waals surface area contributed by atoms with Crippen molar-refractivity contribution in [3.05, 3.63) is 52.5 Å². The van der Waals surface area contributed by atoms with E-state index >= 15 is 0 Å². The summed E-state index contributed by atoms with van der Waals surface area (Å²) < 4.78 is 0. The molecule has 104 valence electrons. The van der Waals surface area contributed by atoms with E-state index in [0.717, 1.165) is 27.4 Å². The summed E-state index contributed by atoms with van der Waals surface area (Å²) in [6, 6.07) is 11.7. The van der Waals surface area contributed by atoms with Crippen molar-refractivity contribution in [1.82, 2.24) is 0 Å². The lowest BCUT2D eigenvalue weighted by molar-refractivity contribution is 1.37. The summed E-state index contributed by atoms with van der Waals surface area (Å²) >= 11 is 12.8. The topological polar surface area (TPSA) is 38.0 Å². The van der Waals surface area contributed by atoms with Gasteiger partial charge in [-0.2, -0.15) is 0 Å². The maximum Gasteiger partial charge on any atom is 0.107 e. The van der Waals surface area contributed by atoms with Crippen molar-refractivity contribution in [2.75, 3.05) is 11.6 Å². The van der Waals surface area contributed by atoms with E-state index in [1.807, 2.05) is 49.6 Å². The van der Waals surface area contributed by atoms with Gasteiger partial charge in [0.2, 0.25) is 0 Å². The Morgan fingerprint density at radius 1 is 1.25 bits per heavy atom. The highest BCUT2D eigenvalue weighted by Gasteiger charge is 2.11. The number of thioether (sulfide) groups is 1. The van der Waals surface area contributed by atoms with Gasteiger partial charge in [0.15, 0.2) is 0 Å². The van der Waals surface area contributed by atoms with Gasteiger partial charge >= 0.3 is 0 Å². The molecule has 0 unspecified atom stereocenters. The van der Waals surface area contributed by atoms with E-state index in [1.165, 1.54) is 0 Å². The minimum Gasteiger partial charge on any atom is -0.389 e. The molecule has 0 saturated carbocycles. The van der Waals surface area contributed by atoms with Crippen molar-refractivity contribution in [3.63, 3.8) is 0 Å². The number of halogens is 1. The van der Waals surface area contributed by atoms with Crippen LogP contribution in [0.4, 0.5) is 11.4 Å². The van der Waals surface area contributed by atoms with E-state index in [1.54, 1.807) is 11.8 Å². The molecule has 2 aromatic carbocycles. The van der Waals surface area contributed by atoms with Crippen molar-refractivity contribution >= 4 is 51.9 Å². The van der Waals surface area contributed by atoms with Crippen LogP contribution in [0.25, 0.3) is 0 Å². The molecule has 0 aromatic heterocycles. The molecule has 2 nitrogen and oxygen atoms in total. The quantitative estimate of drug-likeness (QED) is 0.629. The Morgan fingerprint density at radius 2 is 2.00 bits per heavy atom. The number of aryl methyl sites for hydroxylation is 1. The second-order valence-corrected chi connectivity index (χ2v) is 6.06. The minimum atomic E-state index is 0.386. The van der Waals surface area contributed by atoms with Crippen molar-refractivity contribution in [1.29, 1.82) is 0 Å². The molecule has 20 heavy (non-hydrogen) atoms. The van der Waals surface area contributed by atoms with Crippen LogP contribution in [-0.2, 0) is 0 Å². The Labute approximate surface area is 133 Å².